The molecule has 0 atom stereocenters. The smallest absolute Gasteiger partial charge is 0.133 e. The van der Waals surface area contributed by atoms with Gasteiger partial charge in [0.2, 0.25) is 0 Å². The summed E-state index contributed by atoms with van der Waals surface area (Å²) in [4.78, 5) is 0. The van der Waals surface area contributed by atoms with Crippen molar-refractivity contribution in [3.05, 3.63) is 51.9 Å². The molecule has 0 fully saturated rings. The van der Waals surface area contributed by atoms with Crippen molar-refractivity contribution < 1.29 is 4.52 Å². The lowest BCUT2D eigenvalue weighted by Gasteiger charge is -2.10. The van der Waals surface area contributed by atoms with Gasteiger partial charge in [-0.25, -0.2) is 0 Å². The van der Waals surface area contributed by atoms with Crippen molar-refractivity contribution in [2.75, 3.05) is 0 Å². The molecule has 1 N–H and O–H groups in total. The Kier molecular flexibility index (Phi) is 3.82. The molecule has 0 bridgehead atoms. The number of hydrogen-bond donors (Lipinski definition) is 1. The third-order valence-corrected chi connectivity index (χ3v) is 3.25. The molecule has 18 heavy (non-hydrogen) atoms. The first-order chi connectivity index (χ1) is 8.56. The van der Waals surface area contributed by atoms with E-state index in [1.807, 2.05) is 13.0 Å². The van der Waals surface area contributed by atoms with Gasteiger partial charge in [0.05, 0.1) is 5.69 Å². The van der Waals surface area contributed by atoms with Crippen molar-refractivity contribution in [3.8, 4) is 0 Å². The number of hydrogen-bond acceptors (Lipinski definition) is 3. The van der Waals surface area contributed by atoms with Crippen LogP contribution >= 0.6 is 0 Å². The highest BCUT2D eigenvalue weighted by atomic mass is 16.5. The van der Waals surface area contributed by atoms with Gasteiger partial charge in [-0.2, -0.15) is 0 Å². The van der Waals surface area contributed by atoms with Crippen LogP contribution in [0.25, 0.3) is 0 Å². The Morgan fingerprint density at radius 3 is 2.33 bits per heavy atom. The van der Waals surface area contributed by atoms with Gasteiger partial charge < -0.3 is 9.84 Å². The summed E-state index contributed by atoms with van der Waals surface area (Å²) >= 11 is 0. The maximum Gasteiger partial charge on any atom is 0.133 e. The maximum absolute atomic E-state index is 5.04. The van der Waals surface area contributed by atoms with E-state index in [-0.39, 0.29) is 0 Å². The van der Waals surface area contributed by atoms with Gasteiger partial charge in [0.25, 0.3) is 0 Å². The zero-order valence-electron chi connectivity index (χ0n) is 11.5. The summed E-state index contributed by atoms with van der Waals surface area (Å²) in [6, 6.07) is 6.46. The van der Waals surface area contributed by atoms with Crippen molar-refractivity contribution >= 4 is 0 Å². The topological polar surface area (TPSA) is 38.1 Å². The monoisotopic (exact) mass is 244 g/mol. The molecule has 2 aromatic rings. The summed E-state index contributed by atoms with van der Waals surface area (Å²) in [7, 11) is 0. The molecule has 0 aliphatic heterocycles. The van der Waals surface area contributed by atoms with Crippen molar-refractivity contribution in [1.29, 1.82) is 0 Å². The number of aromatic nitrogens is 1. The number of aryl methyl sites for hydroxylation is 4. The standard InChI is InChI=1S/C15H20N2O/c1-10-5-12(3)14(6-11(10)2)8-16-9-15-7-13(4)18-17-15/h5-7,16H,8-9H2,1-4H3. The lowest BCUT2D eigenvalue weighted by Crippen LogP contribution is -2.14. The van der Waals surface area contributed by atoms with Crippen LogP contribution in [0.3, 0.4) is 0 Å². The Labute approximate surface area is 108 Å². The van der Waals surface area contributed by atoms with Gasteiger partial charge in [-0.1, -0.05) is 17.3 Å². The average Bonchev–Trinajstić information content (AvgIpc) is 2.71. The summed E-state index contributed by atoms with van der Waals surface area (Å²) in [5.41, 5.74) is 6.33. The van der Waals surface area contributed by atoms with Gasteiger partial charge in [0, 0.05) is 19.2 Å². The van der Waals surface area contributed by atoms with E-state index in [4.69, 9.17) is 4.52 Å². The molecule has 0 amide bonds. The van der Waals surface area contributed by atoms with Gasteiger partial charge in [-0.15, -0.1) is 0 Å². The van der Waals surface area contributed by atoms with Gasteiger partial charge in [-0.3, -0.25) is 0 Å². The Bertz CT molecular complexity index is 543. The average molecular weight is 244 g/mol. The van der Waals surface area contributed by atoms with Crippen LogP contribution in [0.4, 0.5) is 0 Å². The van der Waals surface area contributed by atoms with Crippen LogP contribution in [0.1, 0.15) is 33.7 Å². The van der Waals surface area contributed by atoms with Crippen LogP contribution in [0.15, 0.2) is 22.7 Å². The number of nitrogens with zero attached hydrogens (tertiary/aromatic N) is 1. The van der Waals surface area contributed by atoms with Crippen molar-refractivity contribution in [1.82, 2.24) is 10.5 Å². The number of rotatable bonds is 4. The molecule has 0 spiro atoms. The van der Waals surface area contributed by atoms with E-state index >= 15 is 0 Å². The van der Waals surface area contributed by atoms with Crippen LogP contribution in [-0.4, -0.2) is 5.16 Å². The summed E-state index contributed by atoms with van der Waals surface area (Å²) in [5, 5.41) is 7.36. The molecule has 3 heteroatoms. The van der Waals surface area contributed by atoms with Gasteiger partial charge in [0.15, 0.2) is 0 Å². The van der Waals surface area contributed by atoms with Crippen molar-refractivity contribution in [2.24, 2.45) is 0 Å². The fourth-order valence-electron chi connectivity index (χ4n) is 2.04. The summed E-state index contributed by atoms with van der Waals surface area (Å²) in [6.07, 6.45) is 0. The molecule has 1 aromatic carbocycles. The van der Waals surface area contributed by atoms with E-state index < -0.39 is 0 Å². The van der Waals surface area contributed by atoms with E-state index in [0.29, 0.717) is 0 Å². The molecule has 96 valence electrons. The molecule has 0 aliphatic rings. The molecule has 0 radical (unpaired) electrons. The van der Waals surface area contributed by atoms with Crippen molar-refractivity contribution in [3.63, 3.8) is 0 Å². The number of benzene rings is 1. The fourth-order valence-corrected chi connectivity index (χ4v) is 2.04. The first-order valence-corrected chi connectivity index (χ1v) is 6.26. The summed E-state index contributed by atoms with van der Waals surface area (Å²) < 4.78 is 5.04. The van der Waals surface area contributed by atoms with E-state index in [9.17, 15) is 0 Å². The minimum absolute atomic E-state index is 0.740. The third kappa shape index (κ3) is 2.99. The highest BCUT2D eigenvalue weighted by molar-refractivity contribution is 5.36. The fraction of sp³-hybridized carbons (Fsp3) is 0.400. The molecule has 0 aliphatic carbocycles. The highest BCUT2D eigenvalue weighted by Gasteiger charge is 2.03. The molecule has 0 unspecified atom stereocenters. The molecule has 1 aromatic heterocycles. The van der Waals surface area contributed by atoms with E-state index in [1.165, 1.54) is 22.3 Å². The first kappa shape index (κ1) is 12.8. The lowest BCUT2D eigenvalue weighted by atomic mass is 10.0. The Balaban J connectivity index is 1.96. The Morgan fingerprint density at radius 2 is 1.67 bits per heavy atom. The van der Waals surface area contributed by atoms with Crippen LogP contribution in [0, 0.1) is 27.7 Å². The number of nitrogens with one attached hydrogen (secondary N) is 1. The molecule has 3 nitrogen and oxygen atoms in total. The highest BCUT2D eigenvalue weighted by Crippen LogP contribution is 2.15. The molecular formula is C15H20N2O. The maximum atomic E-state index is 5.04. The summed E-state index contributed by atoms with van der Waals surface area (Å²) in [5.74, 6) is 0.856. The van der Waals surface area contributed by atoms with Crippen LogP contribution in [0.2, 0.25) is 0 Å². The first-order valence-electron chi connectivity index (χ1n) is 6.26. The second-order valence-corrected chi connectivity index (χ2v) is 4.90. The van der Waals surface area contributed by atoms with Gasteiger partial charge >= 0.3 is 0 Å². The zero-order chi connectivity index (χ0) is 13.1. The Morgan fingerprint density at radius 1 is 0.944 bits per heavy atom. The molecule has 0 saturated heterocycles. The van der Waals surface area contributed by atoms with Crippen LogP contribution < -0.4 is 5.32 Å². The molecular weight excluding hydrogens is 224 g/mol. The second kappa shape index (κ2) is 5.36. The van der Waals surface area contributed by atoms with Gasteiger partial charge in [-0.05, 0) is 49.9 Å². The molecule has 1 heterocycles. The molecule has 2 rings (SSSR count). The predicted octanol–water partition coefficient (Wildman–Crippen LogP) is 3.20. The predicted molar refractivity (Wildman–Crippen MR) is 72.4 cm³/mol. The zero-order valence-corrected chi connectivity index (χ0v) is 11.5. The SMILES string of the molecule is Cc1cc(CNCc2cc(C)c(C)cc2C)no1. The third-order valence-electron chi connectivity index (χ3n) is 3.25. The quantitative estimate of drug-likeness (QED) is 0.897. The molecule has 0 saturated carbocycles. The minimum Gasteiger partial charge on any atom is -0.361 e. The van der Waals surface area contributed by atoms with Gasteiger partial charge in [0.1, 0.15) is 5.76 Å². The minimum atomic E-state index is 0.740. The lowest BCUT2D eigenvalue weighted by molar-refractivity contribution is 0.388. The van der Waals surface area contributed by atoms with Crippen LogP contribution in [-0.2, 0) is 13.1 Å². The van der Waals surface area contributed by atoms with E-state index in [1.54, 1.807) is 0 Å². The van der Waals surface area contributed by atoms with Crippen LogP contribution in [0.5, 0.6) is 0 Å². The Hall–Kier alpha value is -1.61. The van der Waals surface area contributed by atoms with E-state index in [0.717, 1.165) is 24.5 Å². The largest absolute Gasteiger partial charge is 0.361 e. The second-order valence-electron chi connectivity index (χ2n) is 4.90. The summed E-state index contributed by atoms with van der Waals surface area (Å²) in [6.45, 7) is 9.97. The van der Waals surface area contributed by atoms with Crippen molar-refractivity contribution in [2.45, 2.75) is 40.8 Å². The van der Waals surface area contributed by atoms with E-state index in [2.05, 4.69) is 43.4 Å². The normalized spacial score (nSPS) is 10.9.